The number of esters is 1. The van der Waals surface area contributed by atoms with Crippen molar-refractivity contribution in [3.05, 3.63) is 23.9 Å². The molecule has 1 saturated carbocycles. The van der Waals surface area contributed by atoms with Crippen LogP contribution in [0.1, 0.15) is 23.3 Å². The Kier molecular flexibility index (Phi) is 4.02. The van der Waals surface area contributed by atoms with Crippen molar-refractivity contribution in [1.29, 1.82) is 0 Å². The second-order valence-corrected chi connectivity index (χ2v) is 7.02. The fraction of sp³-hybridized carbons (Fsp3) is 0.455. The highest BCUT2D eigenvalue weighted by Gasteiger charge is 2.40. The molecule has 0 saturated heterocycles. The molecule has 0 spiro atoms. The third-order valence-electron chi connectivity index (χ3n) is 2.72. The summed E-state index contributed by atoms with van der Waals surface area (Å²) in [7, 11) is -2.53. The predicted octanol–water partition coefficient (Wildman–Crippen LogP) is 1.27. The lowest BCUT2D eigenvalue weighted by molar-refractivity contribution is 0.0590. The maximum absolute atomic E-state index is 12.5. The normalized spacial score (nSPS) is 15.5. The van der Waals surface area contributed by atoms with Crippen molar-refractivity contribution in [1.82, 2.24) is 9.29 Å². The predicted molar refractivity (Wildman–Crippen MR) is 70.6 cm³/mol. The molecule has 1 aromatic heterocycles. The number of methoxy groups -OCH3 is 1. The molecule has 2 rings (SSSR count). The van der Waals surface area contributed by atoms with Crippen LogP contribution >= 0.6 is 11.3 Å². The number of hydrogen-bond acceptors (Lipinski definition) is 6. The van der Waals surface area contributed by atoms with E-state index in [1.54, 1.807) is 0 Å². The Hall–Kier alpha value is -1.25. The molecule has 19 heavy (non-hydrogen) atoms. The molecule has 1 aromatic rings. The van der Waals surface area contributed by atoms with Crippen molar-refractivity contribution < 1.29 is 17.9 Å². The van der Waals surface area contributed by atoms with Gasteiger partial charge in [-0.1, -0.05) is 6.08 Å². The van der Waals surface area contributed by atoms with Crippen molar-refractivity contribution in [2.24, 2.45) is 0 Å². The minimum absolute atomic E-state index is 0.00408. The Balaban J connectivity index is 2.41. The smallest absolute Gasteiger partial charge is 0.358 e. The van der Waals surface area contributed by atoms with E-state index in [2.05, 4.69) is 16.3 Å². The summed E-state index contributed by atoms with van der Waals surface area (Å²) in [5, 5.41) is 0. The summed E-state index contributed by atoms with van der Waals surface area (Å²) < 4.78 is 30.9. The highest BCUT2D eigenvalue weighted by Crippen LogP contribution is 2.34. The first kappa shape index (κ1) is 14.2. The van der Waals surface area contributed by atoms with E-state index in [1.165, 1.54) is 23.0 Å². The van der Waals surface area contributed by atoms with Gasteiger partial charge < -0.3 is 4.74 Å². The van der Waals surface area contributed by atoms with Gasteiger partial charge in [0.05, 0.1) is 12.6 Å². The van der Waals surface area contributed by atoms with Crippen molar-refractivity contribution in [3.8, 4) is 0 Å². The fourth-order valence-electron chi connectivity index (χ4n) is 1.69. The van der Waals surface area contributed by atoms with E-state index in [4.69, 9.17) is 0 Å². The number of hydrogen-bond donors (Lipinski definition) is 0. The summed E-state index contributed by atoms with van der Waals surface area (Å²) in [6.45, 7) is 3.80. The number of carbonyl (C=O) groups excluding carboxylic acids is 1. The number of sulfonamides is 1. The zero-order valence-corrected chi connectivity index (χ0v) is 12.0. The van der Waals surface area contributed by atoms with Crippen molar-refractivity contribution in [2.75, 3.05) is 13.7 Å². The Morgan fingerprint density at radius 3 is 2.89 bits per heavy atom. The maximum atomic E-state index is 12.5. The average molecular weight is 302 g/mol. The van der Waals surface area contributed by atoms with E-state index in [0.717, 1.165) is 24.2 Å². The minimum atomic E-state index is -3.73. The first-order valence-corrected chi connectivity index (χ1v) is 7.99. The van der Waals surface area contributed by atoms with Crippen LogP contribution in [-0.2, 0) is 14.8 Å². The van der Waals surface area contributed by atoms with Gasteiger partial charge in [0.15, 0.2) is 9.90 Å². The first-order chi connectivity index (χ1) is 9.02. The van der Waals surface area contributed by atoms with E-state index in [0.29, 0.717) is 0 Å². The molecule has 1 fully saturated rings. The monoisotopic (exact) mass is 302 g/mol. The number of thiazole rings is 1. The molecule has 1 heterocycles. The van der Waals surface area contributed by atoms with Crippen molar-refractivity contribution in [2.45, 2.75) is 23.1 Å². The molecule has 1 aliphatic carbocycles. The Labute approximate surface area is 115 Å². The number of ether oxygens (including phenoxy) is 1. The number of aromatic nitrogens is 1. The Morgan fingerprint density at radius 1 is 1.68 bits per heavy atom. The van der Waals surface area contributed by atoms with Crippen LogP contribution in [0.15, 0.2) is 22.4 Å². The molecule has 0 atom stereocenters. The highest BCUT2D eigenvalue weighted by molar-refractivity contribution is 7.91. The summed E-state index contributed by atoms with van der Waals surface area (Å²) in [6.07, 6.45) is 3.20. The zero-order chi connectivity index (χ0) is 14.0. The van der Waals surface area contributed by atoms with Crippen LogP contribution in [-0.4, -0.2) is 43.4 Å². The van der Waals surface area contributed by atoms with Crippen LogP contribution in [0.4, 0.5) is 0 Å². The third kappa shape index (κ3) is 2.70. The van der Waals surface area contributed by atoms with Crippen molar-refractivity contribution >= 4 is 27.3 Å². The molecule has 8 heteroatoms. The molecule has 1 aliphatic rings. The summed E-state index contributed by atoms with van der Waals surface area (Å²) in [5.41, 5.74) is 1.18. The minimum Gasteiger partial charge on any atom is -0.464 e. The van der Waals surface area contributed by atoms with Gasteiger partial charge in [-0.15, -0.1) is 17.9 Å². The summed E-state index contributed by atoms with van der Waals surface area (Å²) >= 11 is 0.924. The van der Waals surface area contributed by atoms with Crippen molar-refractivity contribution in [3.63, 3.8) is 0 Å². The van der Waals surface area contributed by atoms with E-state index in [9.17, 15) is 13.2 Å². The number of carbonyl (C=O) groups is 1. The SMILES string of the molecule is C=CCN(C1CC1)S(=O)(=O)c1scnc1C(=O)OC. The molecule has 0 amide bonds. The molecule has 0 N–H and O–H groups in total. The van der Waals surface area contributed by atoms with Crippen LogP contribution in [0.2, 0.25) is 0 Å². The van der Waals surface area contributed by atoms with E-state index >= 15 is 0 Å². The van der Waals surface area contributed by atoms with Crippen LogP contribution in [0.25, 0.3) is 0 Å². The summed E-state index contributed by atoms with van der Waals surface area (Å²) in [4.78, 5) is 15.3. The summed E-state index contributed by atoms with van der Waals surface area (Å²) in [5.74, 6) is -0.742. The third-order valence-corrected chi connectivity index (χ3v) is 5.99. The lowest BCUT2D eigenvalue weighted by Gasteiger charge is -2.19. The van der Waals surface area contributed by atoms with Gasteiger partial charge in [0.25, 0.3) is 10.0 Å². The van der Waals surface area contributed by atoms with Gasteiger partial charge in [0.2, 0.25) is 0 Å². The molecule has 0 aliphatic heterocycles. The first-order valence-electron chi connectivity index (χ1n) is 5.67. The highest BCUT2D eigenvalue weighted by atomic mass is 32.2. The van der Waals surface area contributed by atoms with Crippen LogP contribution < -0.4 is 0 Å². The Morgan fingerprint density at radius 2 is 2.37 bits per heavy atom. The quantitative estimate of drug-likeness (QED) is 0.584. The topological polar surface area (TPSA) is 76.6 Å². The van der Waals surface area contributed by atoms with Gasteiger partial charge in [-0.2, -0.15) is 4.31 Å². The van der Waals surface area contributed by atoms with Crippen LogP contribution in [0.3, 0.4) is 0 Å². The van der Waals surface area contributed by atoms with Gasteiger partial charge in [0.1, 0.15) is 0 Å². The maximum Gasteiger partial charge on any atom is 0.358 e. The number of nitrogens with zero attached hydrogens (tertiary/aromatic N) is 2. The van der Waals surface area contributed by atoms with Gasteiger partial charge in [-0.25, -0.2) is 18.2 Å². The van der Waals surface area contributed by atoms with Gasteiger partial charge in [0, 0.05) is 12.6 Å². The molecule has 0 unspecified atom stereocenters. The largest absolute Gasteiger partial charge is 0.464 e. The van der Waals surface area contributed by atoms with E-state index in [1.807, 2.05) is 0 Å². The molecular formula is C11H14N2O4S2. The fourth-order valence-corrected chi connectivity index (χ4v) is 4.59. The second-order valence-electron chi connectivity index (χ2n) is 4.07. The molecule has 6 nitrogen and oxygen atoms in total. The van der Waals surface area contributed by atoms with E-state index < -0.39 is 16.0 Å². The average Bonchev–Trinajstić information content (AvgIpc) is 3.09. The lowest BCUT2D eigenvalue weighted by Crippen LogP contribution is -2.33. The van der Waals surface area contributed by atoms with Gasteiger partial charge >= 0.3 is 5.97 Å². The molecular weight excluding hydrogens is 288 g/mol. The van der Waals surface area contributed by atoms with Crippen LogP contribution in [0.5, 0.6) is 0 Å². The molecule has 0 aromatic carbocycles. The zero-order valence-electron chi connectivity index (χ0n) is 10.4. The second kappa shape index (κ2) is 5.40. The molecule has 0 radical (unpaired) electrons. The van der Waals surface area contributed by atoms with E-state index in [-0.39, 0.29) is 22.5 Å². The summed E-state index contributed by atoms with van der Waals surface area (Å²) in [6, 6.07) is -0.00408. The van der Waals surface area contributed by atoms with Gasteiger partial charge in [-0.05, 0) is 12.8 Å². The molecule has 0 bridgehead atoms. The molecule has 104 valence electrons. The Bertz CT molecular complexity index is 590. The van der Waals surface area contributed by atoms with Gasteiger partial charge in [-0.3, -0.25) is 0 Å². The standard InChI is InChI=1S/C11H14N2O4S2/c1-3-6-13(8-4-5-8)19(15,16)11-9(10(14)17-2)12-7-18-11/h3,7-8H,1,4-6H2,2H3. The number of rotatable bonds is 6. The lowest BCUT2D eigenvalue weighted by atomic mass is 10.5. The van der Waals surface area contributed by atoms with Crippen LogP contribution in [0, 0.1) is 0 Å².